The Balaban J connectivity index is 2.76. The molecule has 0 saturated heterocycles. The lowest BCUT2D eigenvalue weighted by Crippen LogP contribution is -2.22. The summed E-state index contributed by atoms with van der Waals surface area (Å²) in [6, 6.07) is 6.10. The minimum absolute atomic E-state index is 0.0356. The van der Waals surface area contributed by atoms with Gasteiger partial charge in [-0.3, -0.25) is 9.59 Å². The molecule has 23 heavy (non-hydrogen) atoms. The number of aromatic hydroxyl groups is 1. The van der Waals surface area contributed by atoms with Crippen LogP contribution in [0.4, 0.5) is 5.69 Å². The number of nitrogens with zero attached hydrogens (tertiary/aromatic N) is 3. The molecule has 2 aromatic carbocycles. The molecule has 0 spiro atoms. The van der Waals surface area contributed by atoms with Gasteiger partial charge >= 0.3 is 0 Å². The van der Waals surface area contributed by atoms with Gasteiger partial charge in [-0.05, 0) is 28.8 Å². The lowest BCUT2D eigenvalue weighted by Gasteiger charge is -2.15. The standard InChI is InChI=1S/C16H17N3O4/c1-18(2)15(21)9-5-6-11-10(7-9)8-12(16(22)19(3)4)14(20)13(11)17-23/h5-8,20H,1-4H3. The van der Waals surface area contributed by atoms with Gasteiger partial charge in [0.25, 0.3) is 11.8 Å². The number of rotatable bonds is 3. The Morgan fingerprint density at radius 1 is 1.00 bits per heavy atom. The van der Waals surface area contributed by atoms with E-state index in [4.69, 9.17) is 0 Å². The van der Waals surface area contributed by atoms with Crippen molar-refractivity contribution in [1.29, 1.82) is 0 Å². The van der Waals surface area contributed by atoms with Crippen molar-refractivity contribution >= 4 is 28.3 Å². The first-order valence-corrected chi connectivity index (χ1v) is 6.84. The fraction of sp³-hybridized carbons (Fsp3) is 0.250. The quantitative estimate of drug-likeness (QED) is 0.880. The SMILES string of the molecule is CN(C)C(=O)c1ccc2c(N=O)c(O)c(C(=O)N(C)C)cc2c1. The third kappa shape index (κ3) is 2.85. The predicted molar refractivity (Wildman–Crippen MR) is 87.1 cm³/mol. The van der Waals surface area contributed by atoms with Crippen LogP contribution in [0.2, 0.25) is 0 Å². The van der Waals surface area contributed by atoms with Gasteiger partial charge in [0.2, 0.25) is 0 Å². The average molecular weight is 315 g/mol. The zero-order valence-electron chi connectivity index (χ0n) is 13.3. The molecule has 0 aromatic heterocycles. The van der Waals surface area contributed by atoms with Crippen molar-refractivity contribution in [2.24, 2.45) is 5.18 Å². The predicted octanol–water partition coefficient (Wildman–Crippen LogP) is 2.35. The number of carbonyl (C=O) groups is 2. The van der Waals surface area contributed by atoms with E-state index in [9.17, 15) is 19.6 Å². The van der Waals surface area contributed by atoms with E-state index in [1.165, 1.54) is 36.0 Å². The maximum absolute atomic E-state index is 12.2. The molecule has 0 aliphatic rings. The van der Waals surface area contributed by atoms with Crippen LogP contribution in [-0.2, 0) is 0 Å². The van der Waals surface area contributed by atoms with E-state index < -0.39 is 11.7 Å². The average Bonchev–Trinajstić information content (AvgIpc) is 2.52. The van der Waals surface area contributed by atoms with Gasteiger partial charge < -0.3 is 14.9 Å². The second kappa shape index (κ2) is 6.04. The largest absolute Gasteiger partial charge is 0.505 e. The normalized spacial score (nSPS) is 10.4. The van der Waals surface area contributed by atoms with E-state index in [-0.39, 0.29) is 17.2 Å². The number of phenols is 1. The number of amides is 2. The van der Waals surface area contributed by atoms with Gasteiger partial charge in [0.05, 0.1) is 5.56 Å². The van der Waals surface area contributed by atoms with Crippen LogP contribution in [0.15, 0.2) is 29.4 Å². The van der Waals surface area contributed by atoms with Crippen molar-refractivity contribution in [3.05, 3.63) is 40.3 Å². The fourth-order valence-electron chi connectivity index (χ4n) is 2.26. The van der Waals surface area contributed by atoms with Crippen molar-refractivity contribution in [3.8, 4) is 5.75 Å². The molecule has 0 fully saturated rings. The summed E-state index contributed by atoms with van der Waals surface area (Å²) in [5.74, 6) is -1.13. The first-order chi connectivity index (χ1) is 10.8. The van der Waals surface area contributed by atoms with E-state index >= 15 is 0 Å². The molecule has 2 rings (SSSR count). The van der Waals surface area contributed by atoms with Crippen LogP contribution in [0.5, 0.6) is 5.75 Å². The van der Waals surface area contributed by atoms with Crippen molar-refractivity contribution < 1.29 is 14.7 Å². The molecule has 0 aliphatic carbocycles. The number of carbonyl (C=O) groups excluding carboxylic acids is 2. The molecule has 120 valence electrons. The molecule has 2 amide bonds. The fourth-order valence-corrected chi connectivity index (χ4v) is 2.26. The highest BCUT2D eigenvalue weighted by Gasteiger charge is 2.21. The second-order valence-corrected chi connectivity index (χ2v) is 5.55. The van der Waals surface area contributed by atoms with Gasteiger partial charge in [0.1, 0.15) is 0 Å². The van der Waals surface area contributed by atoms with E-state index in [1.54, 1.807) is 26.2 Å². The van der Waals surface area contributed by atoms with Gasteiger partial charge in [0.15, 0.2) is 11.4 Å². The van der Waals surface area contributed by atoms with Crippen LogP contribution in [0.25, 0.3) is 10.8 Å². The third-order valence-corrected chi connectivity index (χ3v) is 3.47. The number of phenolic OH excluding ortho intramolecular Hbond substituents is 1. The first-order valence-electron chi connectivity index (χ1n) is 6.84. The Morgan fingerprint density at radius 2 is 1.61 bits per heavy atom. The van der Waals surface area contributed by atoms with Crippen LogP contribution in [-0.4, -0.2) is 54.9 Å². The molecule has 0 atom stereocenters. The molecule has 0 unspecified atom stereocenters. The van der Waals surface area contributed by atoms with Gasteiger partial charge in [-0.2, -0.15) is 0 Å². The summed E-state index contributed by atoms with van der Waals surface area (Å²) in [6.07, 6.45) is 0. The molecule has 1 N–H and O–H groups in total. The molecule has 0 radical (unpaired) electrons. The van der Waals surface area contributed by atoms with Crippen LogP contribution in [0.1, 0.15) is 20.7 Å². The smallest absolute Gasteiger partial charge is 0.257 e. The molecule has 7 heteroatoms. The molecule has 2 aromatic rings. The summed E-state index contributed by atoms with van der Waals surface area (Å²) < 4.78 is 0. The Kier molecular flexibility index (Phi) is 4.31. The number of hydrogen-bond acceptors (Lipinski definition) is 5. The maximum Gasteiger partial charge on any atom is 0.257 e. The Morgan fingerprint density at radius 3 is 2.13 bits per heavy atom. The van der Waals surface area contributed by atoms with E-state index in [0.29, 0.717) is 16.3 Å². The van der Waals surface area contributed by atoms with Gasteiger partial charge in [-0.15, -0.1) is 4.91 Å². The zero-order chi connectivity index (χ0) is 17.3. The lowest BCUT2D eigenvalue weighted by atomic mass is 10.00. The minimum Gasteiger partial charge on any atom is -0.505 e. The number of nitroso groups, excluding NO2 is 1. The highest BCUT2D eigenvalue weighted by Crippen LogP contribution is 2.39. The summed E-state index contributed by atoms with van der Waals surface area (Å²) in [4.78, 5) is 38.0. The van der Waals surface area contributed by atoms with E-state index in [2.05, 4.69) is 5.18 Å². The van der Waals surface area contributed by atoms with Crippen molar-refractivity contribution in [2.75, 3.05) is 28.2 Å². The zero-order valence-corrected chi connectivity index (χ0v) is 13.3. The summed E-state index contributed by atoms with van der Waals surface area (Å²) in [6.45, 7) is 0. The maximum atomic E-state index is 12.2. The van der Waals surface area contributed by atoms with Gasteiger partial charge in [0, 0.05) is 39.1 Å². The van der Waals surface area contributed by atoms with Crippen molar-refractivity contribution in [2.45, 2.75) is 0 Å². The Bertz CT molecular complexity index is 813. The molecule has 0 aliphatic heterocycles. The minimum atomic E-state index is -0.460. The van der Waals surface area contributed by atoms with Crippen LogP contribution in [0, 0.1) is 4.91 Å². The summed E-state index contributed by atoms with van der Waals surface area (Å²) >= 11 is 0. The van der Waals surface area contributed by atoms with Crippen LogP contribution < -0.4 is 0 Å². The molecule has 0 heterocycles. The van der Waals surface area contributed by atoms with E-state index in [0.717, 1.165) is 0 Å². The summed E-state index contributed by atoms with van der Waals surface area (Å²) in [5.41, 5.74) is 0.163. The van der Waals surface area contributed by atoms with Crippen molar-refractivity contribution in [3.63, 3.8) is 0 Å². The molecule has 0 bridgehead atoms. The number of fused-ring (bicyclic) bond motifs is 1. The van der Waals surface area contributed by atoms with E-state index in [1.807, 2.05) is 0 Å². The first kappa shape index (κ1) is 16.4. The summed E-state index contributed by atoms with van der Waals surface area (Å²) in [7, 11) is 6.32. The molecule has 0 saturated carbocycles. The van der Waals surface area contributed by atoms with Crippen LogP contribution >= 0.6 is 0 Å². The Labute approximate surface area is 133 Å². The topological polar surface area (TPSA) is 90.3 Å². The van der Waals surface area contributed by atoms with Gasteiger partial charge in [-0.25, -0.2) is 0 Å². The lowest BCUT2D eigenvalue weighted by molar-refractivity contribution is 0.0819. The summed E-state index contributed by atoms with van der Waals surface area (Å²) in [5, 5.41) is 13.9. The van der Waals surface area contributed by atoms with Crippen molar-refractivity contribution in [1.82, 2.24) is 9.80 Å². The monoisotopic (exact) mass is 315 g/mol. The highest BCUT2D eigenvalue weighted by molar-refractivity contribution is 6.08. The second-order valence-electron chi connectivity index (χ2n) is 5.55. The molecular weight excluding hydrogens is 298 g/mol. The van der Waals surface area contributed by atoms with Gasteiger partial charge in [-0.1, -0.05) is 6.07 Å². The molecular formula is C16H17N3O4. The number of benzene rings is 2. The number of hydrogen-bond donors (Lipinski definition) is 1. The highest BCUT2D eigenvalue weighted by atomic mass is 16.3. The van der Waals surface area contributed by atoms with Crippen LogP contribution in [0.3, 0.4) is 0 Å². The molecule has 7 nitrogen and oxygen atoms in total. The third-order valence-electron chi connectivity index (χ3n) is 3.47. The Hall–Kier alpha value is -2.96.